The molecule has 0 saturated heterocycles. The number of carbonyl (C=O) groups is 1. The second kappa shape index (κ2) is 7.46. The summed E-state index contributed by atoms with van der Waals surface area (Å²) >= 11 is -0.639. The molecule has 0 fully saturated rings. The highest BCUT2D eigenvalue weighted by atomic mass is 35.6. The molecule has 0 aliphatic heterocycles. The van der Waals surface area contributed by atoms with Gasteiger partial charge in [-0.1, -0.05) is 0 Å². The summed E-state index contributed by atoms with van der Waals surface area (Å²) in [4.78, 5) is 10.5. The zero-order chi connectivity index (χ0) is 9.49. The van der Waals surface area contributed by atoms with Crippen LogP contribution in [0.5, 0.6) is 0 Å². The summed E-state index contributed by atoms with van der Waals surface area (Å²) in [6.07, 6.45) is 0. The van der Waals surface area contributed by atoms with E-state index in [1.807, 2.05) is 0 Å². The van der Waals surface area contributed by atoms with Crippen molar-refractivity contribution in [1.29, 1.82) is 0 Å². The standard InChI is InChI=1S/C6H11O2.2ClH.Mg/c1-6(2,3)5(7)8-4;;;/h4H2,1-3H3;2*1H;/q;;;+2/p-2. The fourth-order valence-electron chi connectivity index (χ4n) is 0.217. The maximum absolute atomic E-state index is 10.5. The molecule has 1 radical (unpaired) electrons. The molecule has 0 amide bonds. The third-order valence-electron chi connectivity index (χ3n) is 0.743. The molecule has 2 nitrogen and oxygen atoms in total. The topological polar surface area (TPSA) is 26.3 Å². The minimum Gasteiger partial charge on any atom is -0.462 e. The SMILES string of the molecule is [CH2]OC(=O)C(C)(C)C.[Cl][Mg][Cl]. The van der Waals surface area contributed by atoms with E-state index < -0.39 is 23.6 Å². The number of ether oxygens (including phenoxy) is 1. The molecule has 0 aromatic rings. The maximum Gasteiger partial charge on any atom is 0.618 e. The largest absolute Gasteiger partial charge is 0.618 e. The van der Waals surface area contributed by atoms with E-state index in [0.717, 1.165) is 0 Å². The van der Waals surface area contributed by atoms with Crippen molar-refractivity contribution < 1.29 is 9.53 Å². The van der Waals surface area contributed by atoms with Gasteiger partial charge in [0.05, 0.1) is 5.41 Å². The summed E-state index contributed by atoms with van der Waals surface area (Å²) in [5.41, 5.74) is -0.415. The van der Waals surface area contributed by atoms with Crippen LogP contribution < -0.4 is 0 Å². The van der Waals surface area contributed by atoms with Gasteiger partial charge in [-0.2, -0.15) is 0 Å². The van der Waals surface area contributed by atoms with Crippen LogP contribution in [0.1, 0.15) is 20.8 Å². The van der Waals surface area contributed by atoms with Crippen molar-refractivity contribution in [3.05, 3.63) is 7.11 Å². The van der Waals surface area contributed by atoms with Crippen molar-refractivity contribution in [3.8, 4) is 0 Å². The molecule has 0 heterocycles. The zero-order valence-corrected chi connectivity index (χ0v) is 9.91. The number of esters is 1. The Morgan fingerprint density at radius 1 is 1.45 bits per heavy atom. The molecule has 0 N–H and O–H groups in total. The Morgan fingerprint density at radius 3 is 1.73 bits per heavy atom. The van der Waals surface area contributed by atoms with E-state index in [0.29, 0.717) is 0 Å². The molecule has 0 spiro atoms. The molecule has 0 bridgehead atoms. The predicted octanol–water partition coefficient (Wildman–Crippen LogP) is 2.37. The van der Waals surface area contributed by atoms with Crippen LogP contribution in [0.3, 0.4) is 0 Å². The average molecular weight is 210 g/mol. The summed E-state index contributed by atoms with van der Waals surface area (Å²) in [5.74, 6) is -0.280. The number of hydrogen-bond acceptors (Lipinski definition) is 2. The first-order valence-electron chi connectivity index (χ1n) is 2.98. The van der Waals surface area contributed by atoms with Crippen LogP contribution in [-0.4, -0.2) is 24.1 Å². The van der Waals surface area contributed by atoms with Crippen LogP contribution >= 0.6 is 18.1 Å². The van der Waals surface area contributed by atoms with E-state index >= 15 is 0 Å². The fraction of sp³-hybridized carbons (Fsp3) is 0.667. The molecule has 0 aliphatic carbocycles. The predicted molar refractivity (Wildman–Crippen MR) is 48.4 cm³/mol. The number of rotatable bonds is 0. The molecule has 0 atom stereocenters. The highest BCUT2D eigenvalue weighted by molar-refractivity contribution is 7.22. The number of carbonyl (C=O) groups excluding carboxylic acids is 1. The summed E-state index contributed by atoms with van der Waals surface area (Å²) < 4.78 is 4.23. The summed E-state index contributed by atoms with van der Waals surface area (Å²) in [6, 6.07) is 0. The van der Waals surface area contributed by atoms with E-state index in [-0.39, 0.29) is 5.97 Å². The molecular formula is C6H11Cl2MgO2. The van der Waals surface area contributed by atoms with Crippen LogP contribution in [0.4, 0.5) is 0 Å². The molecule has 11 heavy (non-hydrogen) atoms. The first-order valence-corrected chi connectivity index (χ1v) is 7.26. The third-order valence-corrected chi connectivity index (χ3v) is 0.743. The lowest BCUT2D eigenvalue weighted by molar-refractivity contribution is -0.147. The molecule has 0 rings (SSSR count). The molecule has 63 valence electrons. The van der Waals surface area contributed by atoms with Gasteiger partial charge >= 0.3 is 24.1 Å². The fourth-order valence-corrected chi connectivity index (χ4v) is 0.217. The zero-order valence-electron chi connectivity index (χ0n) is 6.99. The molecule has 0 aromatic heterocycles. The Bertz CT molecular complexity index is 112. The first-order chi connectivity index (χ1) is 4.90. The van der Waals surface area contributed by atoms with Gasteiger partial charge in [0.1, 0.15) is 7.11 Å². The minimum atomic E-state index is -0.639. The molecule has 0 unspecified atom stereocenters. The van der Waals surface area contributed by atoms with E-state index in [4.69, 9.17) is 18.1 Å². The summed E-state index contributed by atoms with van der Waals surface area (Å²) in [5, 5.41) is 0. The first kappa shape index (κ1) is 14.3. The van der Waals surface area contributed by atoms with Gasteiger partial charge in [-0.25, -0.2) is 0 Å². The van der Waals surface area contributed by atoms with Crippen LogP contribution in [0.2, 0.25) is 0 Å². The Morgan fingerprint density at radius 2 is 1.73 bits per heavy atom. The number of hydrogen-bond donors (Lipinski definition) is 0. The summed E-state index contributed by atoms with van der Waals surface area (Å²) in [7, 11) is 12.8. The molecule has 0 aromatic carbocycles. The normalized spacial score (nSPS) is 8.91. The van der Waals surface area contributed by atoms with Crippen LogP contribution in [0.15, 0.2) is 0 Å². The quantitative estimate of drug-likeness (QED) is 0.453. The van der Waals surface area contributed by atoms with E-state index in [1.54, 1.807) is 20.8 Å². The van der Waals surface area contributed by atoms with Crippen molar-refractivity contribution in [2.24, 2.45) is 5.41 Å². The van der Waals surface area contributed by atoms with Gasteiger partial charge in [-0.05, 0) is 20.8 Å². The van der Waals surface area contributed by atoms with Crippen LogP contribution in [-0.2, 0) is 9.53 Å². The van der Waals surface area contributed by atoms with Crippen molar-refractivity contribution in [2.75, 3.05) is 0 Å². The molecular weight excluding hydrogens is 199 g/mol. The third kappa shape index (κ3) is 10.8. The Balaban J connectivity index is 0. The van der Waals surface area contributed by atoms with Crippen LogP contribution in [0, 0.1) is 12.5 Å². The second-order valence-electron chi connectivity index (χ2n) is 2.78. The molecule has 5 heteroatoms. The van der Waals surface area contributed by atoms with Gasteiger partial charge in [0, 0.05) is 0 Å². The van der Waals surface area contributed by atoms with Gasteiger partial charge in [0.2, 0.25) is 0 Å². The van der Waals surface area contributed by atoms with Gasteiger partial charge in [-0.3, -0.25) is 4.79 Å². The van der Waals surface area contributed by atoms with Gasteiger partial charge < -0.3 is 22.9 Å². The smallest absolute Gasteiger partial charge is 0.462 e. The van der Waals surface area contributed by atoms with Crippen molar-refractivity contribution >= 4 is 42.3 Å². The summed E-state index contributed by atoms with van der Waals surface area (Å²) in [6.45, 7) is 5.33. The Labute approximate surface area is 84.9 Å². The average Bonchev–Trinajstić information content (AvgIpc) is 1.86. The van der Waals surface area contributed by atoms with Gasteiger partial charge in [0.15, 0.2) is 0 Å². The minimum absolute atomic E-state index is 0.280. The van der Waals surface area contributed by atoms with E-state index in [9.17, 15) is 4.79 Å². The van der Waals surface area contributed by atoms with Crippen LogP contribution in [0.25, 0.3) is 0 Å². The number of halogens is 2. The monoisotopic (exact) mass is 209 g/mol. The lowest BCUT2D eigenvalue weighted by Gasteiger charge is -2.12. The lowest BCUT2D eigenvalue weighted by Crippen LogP contribution is -2.20. The van der Waals surface area contributed by atoms with E-state index in [2.05, 4.69) is 11.8 Å². The Kier molecular flexibility index (Phi) is 9.74. The maximum atomic E-state index is 10.5. The van der Waals surface area contributed by atoms with Gasteiger partial charge in [0.25, 0.3) is 0 Å². The highest BCUT2D eigenvalue weighted by Gasteiger charge is 2.21. The van der Waals surface area contributed by atoms with Gasteiger partial charge in [-0.15, -0.1) is 0 Å². The molecule has 0 saturated carbocycles. The second-order valence-corrected chi connectivity index (χ2v) is 5.41. The van der Waals surface area contributed by atoms with Crippen molar-refractivity contribution in [2.45, 2.75) is 20.8 Å². The highest BCUT2D eigenvalue weighted by Crippen LogP contribution is 2.13. The van der Waals surface area contributed by atoms with Crippen molar-refractivity contribution in [1.82, 2.24) is 0 Å². The van der Waals surface area contributed by atoms with Crippen molar-refractivity contribution in [3.63, 3.8) is 0 Å². The Hall–Kier alpha value is 0.816. The lowest BCUT2D eigenvalue weighted by atomic mass is 9.98. The van der Waals surface area contributed by atoms with E-state index in [1.165, 1.54) is 0 Å². The molecule has 0 aliphatic rings.